The predicted molar refractivity (Wildman–Crippen MR) is 75.0 cm³/mol. The van der Waals surface area contributed by atoms with Gasteiger partial charge in [0.25, 0.3) is 0 Å². The van der Waals surface area contributed by atoms with Crippen LogP contribution in [0.4, 0.5) is 0 Å². The molecule has 0 spiro atoms. The first-order valence-electron chi connectivity index (χ1n) is 6.44. The molecule has 1 fully saturated rings. The van der Waals surface area contributed by atoms with Crippen molar-refractivity contribution in [2.75, 3.05) is 27.2 Å². The van der Waals surface area contributed by atoms with Gasteiger partial charge in [0.1, 0.15) is 5.75 Å². The van der Waals surface area contributed by atoms with Gasteiger partial charge in [0.2, 0.25) is 10.0 Å². The van der Waals surface area contributed by atoms with Crippen molar-refractivity contribution in [3.8, 4) is 5.75 Å². The maximum atomic E-state index is 12.6. The summed E-state index contributed by atoms with van der Waals surface area (Å²) in [6.45, 7) is 0.644. The number of rotatable bonds is 4. The SMILES string of the molecule is CN(C)CC1CC(O)CN1S(=O)(=O)c1cccc(O)c1. The number of hydrogen-bond acceptors (Lipinski definition) is 5. The van der Waals surface area contributed by atoms with Crippen molar-refractivity contribution in [1.82, 2.24) is 9.21 Å². The lowest BCUT2D eigenvalue weighted by atomic mass is 10.2. The molecule has 0 radical (unpaired) electrons. The third-order valence-corrected chi connectivity index (χ3v) is 5.26. The van der Waals surface area contributed by atoms with Crippen LogP contribution in [0, 0.1) is 0 Å². The second-order valence-electron chi connectivity index (χ2n) is 5.38. The van der Waals surface area contributed by atoms with Crippen molar-refractivity contribution in [2.45, 2.75) is 23.5 Å². The van der Waals surface area contributed by atoms with Gasteiger partial charge in [-0.1, -0.05) is 6.07 Å². The number of hydrogen-bond donors (Lipinski definition) is 2. The average molecular weight is 300 g/mol. The second-order valence-corrected chi connectivity index (χ2v) is 7.27. The van der Waals surface area contributed by atoms with Crippen molar-refractivity contribution in [2.24, 2.45) is 0 Å². The highest BCUT2D eigenvalue weighted by Gasteiger charge is 2.39. The van der Waals surface area contributed by atoms with Crippen LogP contribution in [-0.4, -0.2) is 67.2 Å². The summed E-state index contributed by atoms with van der Waals surface area (Å²) in [6, 6.07) is 5.34. The maximum Gasteiger partial charge on any atom is 0.243 e. The fraction of sp³-hybridized carbons (Fsp3) is 0.538. The lowest BCUT2D eigenvalue weighted by Crippen LogP contribution is -2.41. The molecule has 1 aromatic carbocycles. The van der Waals surface area contributed by atoms with E-state index in [1.54, 1.807) is 0 Å². The highest BCUT2D eigenvalue weighted by atomic mass is 32.2. The van der Waals surface area contributed by atoms with E-state index in [1.807, 2.05) is 19.0 Å². The maximum absolute atomic E-state index is 12.6. The Morgan fingerprint density at radius 3 is 2.70 bits per heavy atom. The Labute approximate surface area is 119 Å². The molecule has 1 aliphatic heterocycles. The first kappa shape index (κ1) is 15.2. The number of nitrogens with zero attached hydrogens (tertiary/aromatic N) is 2. The molecule has 1 saturated heterocycles. The molecule has 0 amide bonds. The molecule has 1 aromatic rings. The lowest BCUT2D eigenvalue weighted by molar-refractivity contribution is 0.188. The number of aliphatic hydroxyl groups excluding tert-OH is 1. The van der Waals surface area contributed by atoms with E-state index < -0.39 is 16.1 Å². The Kier molecular flexibility index (Phi) is 4.33. The molecule has 6 nitrogen and oxygen atoms in total. The number of phenols is 1. The van der Waals surface area contributed by atoms with Crippen LogP contribution in [0.15, 0.2) is 29.2 Å². The summed E-state index contributed by atoms with van der Waals surface area (Å²) in [4.78, 5) is 1.95. The Bertz CT molecular complexity index is 573. The van der Waals surface area contributed by atoms with Crippen LogP contribution in [0.2, 0.25) is 0 Å². The molecular formula is C13H20N2O4S. The summed E-state index contributed by atoms with van der Waals surface area (Å²) >= 11 is 0. The smallest absolute Gasteiger partial charge is 0.243 e. The topological polar surface area (TPSA) is 81.1 Å². The minimum atomic E-state index is -3.70. The van der Waals surface area contributed by atoms with Gasteiger partial charge in [-0.3, -0.25) is 0 Å². The molecule has 0 aliphatic carbocycles. The van der Waals surface area contributed by atoms with Crippen molar-refractivity contribution in [3.63, 3.8) is 0 Å². The van der Waals surface area contributed by atoms with Gasteiger partial charge in [0.15, 0.2) is 0 Å². The van der Waals surface area contributed by atoms with E-state index in [4.69, 9.17) is 0 Å². The third kappa shape index (κ3) is 3.12. The molecule has 0 bridgehead atoms. The molecule has 7 heteroatoms. The van der Waals surface area contributed by atoms with E-state index >= 15 is 0 Å². The quantitative estimate of drug-likeness (QED) is 0.823. The highest BCUT2D eigenvalue weighted by Crippen LogP contribution is 2.28. The van der Waals surface area contributed by atoms with Gasteiger partial charge in [0.05, 0.1) is 11.0 Å². The summed E-state index contributed by atoms with van der Waals surface area (Å²) in [5, 5.41) is 19.2. The summed E-state index contributed by atoms with van der Waals surface area (Å²) in [7, 11) is 0.0276. The van der Waals surface area contributed by atoms with Gasteiger partial charge in [-0.05, 0) is 38.7 Å². The van der Waals surface area contributed by atoms with Gasteiger partial charge in [-0.25, -0.2) is 8.42 Å². The Balaban J connectivity index is 2.32. The molecule has 2 rings (SSSR count). The number of benzene rings is 1. The number of phenolic OH excluding ortho intramolecular Hbond substituents is 1. The monoisotopic (exact) mass is 300 g/mol. The molecule has 2 N–H and O–H groups in total. The van der Waals surface area contributed by atoms with Crippen LogP contribution in [-0.2, 0) is 10.0 Å². The lowest BCUT2D eigenvalue weighted by Gasteiger charge is -2.26. The molecule has 20 heavy (non-hydrogen) atoms. The average Bonchev–Trinajstić information content (AvgIpc) is 2.70. The number of β-amino-alcohol motifs (C(OH)–C–C–N with tert-alkyl or cyclic N) is 1. The summed E-state index contributed by atoms with van der Waals surface area (Å²) in [5.41, 5.74) is 0. The zero-order chi connectivity index (χ0) is 14.9. The fourth-order valence-electron chi connectivity index (χ4n) is 2.52. The van der Waals surface area contributed by atoms with Crippen molar-refractivity contribution in [3.05, 3.63) is 24.3 Å². The van der Waals surface area contributed by atoms with Crippen LogP contribution >= 0.6 is 0 Å². The summed E-state index contributed by atoms with van der Waals surface area (Å²) in [6.07, 6.45) is -0.219. The van der Waals surface area contributed by atoms with Crippen molar-refractivity contribution < 1.29 is 18.6 Å². The normalized spacial score (nSPS) is 24.4. The molecule has 2 unspecified atom stereocenters. The van der Waals surface area contributed by atoms with Gasteiger partial charge in [0, 0.05) is 19.1 Å². The number of aliphatic hydroxyl groups is 1. The van der Waals surface area contributed by atoms with E-state index in [-0.39, 0.29) is 23.2 Å². The Hall–Kier alpha value is -1.15. The largest absolute Gasteiger partial charge is 0.508 e. The first-order chi connectivity index (χ1) is 9.30. The molecule has 1 aliphatic rings. The minimum Gasteiger partial charge on any atom is -0.508 e. The predicted octanol–water partition coefficient (Wildman–Crippen LogP) is 0.0777. The molecular weight excluding hydrogens is 280 g/mol. The zero-order valence-corrected chi connectivity index (χ0v) is 12.4. The van der Waals surface area contributed by atoms with E-state index in [0.29, 0.717) is 13.0 Å². The number of aromatic hydroxyl groups is 1. The molecule has 2 atom stereocenters. The zero-order valence-electron chi connectivity index (χ0n) is 11.6. The van der Waals surface area contributed by atoms with Gasteiger partial charge < -0.3 is 15.1 Å². The van der Waals surface area contributed by atoms with Gasteiger partial charge in [-0.15, -0.1) is 0 Å². The Morgan fingerprint density at radius 2 is 2.10 bits per heavy atom. The van der Waals surface area contributed by atoms with Crippen LogP contribution in [0.25, 0.3) is 0 Å². The number of likely N-dealkylation sites (N-methyl/N-ethyl adjacent to an activating group) is 1. The second kappa shape index (κ2) is 5.69. The molecule has 0 aromatic heterocycles. The molecule has 112 valence electrons. The van der Waals surface area contributed by atoms with E-state index in [1.165, 1.54) is 28.6 Å². The third-order valence-electron chi connectivity index (χ3n) is 3.34. The van der Waals surface area contributed by atoms with Crippen LogP contribution < -0.4 is 0 Å². The van der Waals surface area contributed by atoms with E-state index in [2.05, 4.69) is 0 Å². The van der Waals surface area contributed by atoms with Crippen molar-refractivity contribution >= 4 is 10.0 Å². The first-order valence-corrected chi connectivity index (χ1v) is 7.88. The van der Waals surface area contributed by atoms with E-state index in [0.717, 1.165) is 0 Å². The highest BCUT2D eigenvalue weighted by molar-refractivity contribution is 7.89. The molecule has 1 heterocycles. The van der Waals surface area contributed by atoms with Crippen molar-refractivity contribution in [1.29, 1.82) is 0 Å². The summed E-state index contributed by atoms with van der Waals surface area (Å²) in [5.74, 6) is -0.0880. The molecule has 0 saturated carbocycles. The standard InChI is InChI=1S/C13H20N2O4S/c1-14(2)8-10-6-12(17)9-15(10)20(18,19)13-5-3-4-11(16)7-13/h3-5,7,10,12,16-17H,6,8-9H2,1-2H3. The number of sulfonamides is 1. The summed E-state index contributed by atoms with van der Waals surface area (Å²) < 4.78 is 26.5. The van der Waals surface area contributed by atoms with Crippen LogP contribution in [0.5, 0.6) is 5.75 Å². The van der Waals surface area contributed by atoms with Crippen LogP contribution in [0.3, 0.4) is 0 Å². The fourth-order valence-corrected chi connectivity index (χ4v) is 4.23. The van der Waals surface area contributed by atoms with Gasteiger partial charge >= 0.3 is 0 Å². The van der Waals surface area contributed by atoms with E-state index in [9.17, 15) is 18.6 Å². The Morgan fingerprint density at radius 1 is 1.40 bits per heavy atom. The van der Waals surface area contributed by atoms with Gasteiger partial charge in [-0.2, -0.15) is 4.31 Å². The minimum absolute atomic E-state index is 0.0513. The van der Waals surface area contributed by atoms with Crippen LogP contribution in [0.1, 0.15) is 6.42 Å².